The molecule has 1 aliphatic carbocycles. The molecule has 0 fully saturated rings. The van der Waals surface area contributed by atoms with E-state index in [1.54, 1.807) is 11.0 Å². The number of nitrogens with zero attached hydrogens (tertiary/aromatic N) is 1. The third kappa shape index (κ3) is 4.41. The summed E-state index contributed by atoms with van der Waals surface area (Å²) < 4.78 is 5.91. The van der Waals surface area contributed by atoms with Gasteiger partial charge in [-0.1, -0.05) is 39.7 Å². The Morgan fingerprint density at radius 1 is 1.26 bits per heavy atom. The molecule has 1 aromatic rings. The molecule has 0 N–H and O–H groups in total. The lowest BCUT2D eigenvalue weighted by atomic mass is 9.97. The van der Waals surface area contributed by atoms with Gasteiger partial charge in [-0.15, -0.1) is 0 Å². The molecule has 0 radical (unpaired) electrons. The minimum absolute atomic E-state index is 0.132. The summed E-state index contributed by atoms with van der Waals surface area (Å²) in [4.78, 5) is 27.1. The van der Waals surface area contributed by atoms with Gasteiger partial charge >= 0.3 is 5.97 Å². The molecule has 0 aromatic heterocycles. The van der Waals surface area contributed by atoms with Gasteiger partial charge in [-0.25, -0.2) is 4.79 Å². The van der Waals surface area contributed by atoms with E-state index >= 15 is 0 Å². The monoisotopic (exact) mass is 429 g/mol. The summed E-state index contributed by atoms with van der Waals surface area (Å²) in [5.74, 6) is -0.601. The predicted molar refractivity (Wildman–Crippen MR) is 110 cm³/mol. The molecule has 0 spiro atoms. The Balaban J connectivity index is 1.88. The zero-order valence-electron chi connectivity index (χ0n) is 15.8. The first kappa shape index (κ1) is 19.6. The van der Waals surface area contributed by atoms with E-state index in [9.17, 15) is 9.59 Å². The minimum atomic E-state index is -0.469. The molecule has 142 valence electrons. The fraction of sp³-hybridized carbons (Fsp3) is 0.364. The number of hydrogen-bond acceptors (Lipinski definition) is 3. The number of rotatable bonds is 5. The number of ether oxygens (including phenoxy) is 1. The molecule has 0 saturated carbocycles. The maximum absolute atomic E-state index is 13.1. The van der Waals surface area contributed by atoms with Crippen molar-refractivity contribution in [3.63, 3.8) is 0 Å². The molecule has 1 amide bonds. The van der Waals surface area contributed by atoms with E-state index in [1.807, 2.05) is 31.2 Å². The number of carbonyl (C=O) groups is 2. The summed E-state index contributed by atoms with van der Waals surface area (Å²) in [7, 11) is 1.35. The van der Waals surface area contributed by atoms with Gasteiger partial charge in [-0.3, -0.25) is 4.79 Å². The van der Waals surface area contributed by atoms with Crippen molar-refractivity contribution in [2.75, 3.05) is 13.7 Å². The molecule has 1 aromatic carbocycles. The van der Waals surface area contributed by atoms with Gasteiger partial charge in [0.15, 0.2) is 0 Å². The fourth-order valence-electron chi connectivity index (χ4n) is 3.61. The lowest BCUT2D eigenvalue weighted by Gasteiger charge is -2.20. The van der Waals surface area contributed by atoms with Crippen LogP contribution in [0.15, 0.2) is 57.2 Å². The van der Waals surface area contributed by atoms with E-state index in [2.05, 4.69) is 22.0 Å². The van der Waals surface area contributed by atoms with Crippen molar-refractivity contribution in [3.8, 4) is 0 Å². The average Bonchev–Trinajstić information content (AvgIpc) is 2.92. The molecule has 5 heteroatoms. The Morgan fingerprint density at radius 3 is 2.63 bits per heavy atom. The molecule has 0 atom stereocenters. The summed E-state index contributed by atoms with van der Waals surface area (Å²) in [5.41, 5.74) is 3.72. The first-order valence-corrected chi connectivity index (χ1v) is 10.1. The summed E-state index contributed by atoms with van der Waals surface area (Å²) in [5, 5.41) is 0. The van der Waals surface area contributed by atoms with Gasteiger partial charge in [0.2, 0.25) is 0 Å². The molecule has 27 heavy (non-hydrogen) atoms. The van der Waals surface area contributed by atoms with E-state index in [0.717, 1.165) is 29.3 Å². The predicted octanol–water partition coefficient (Wildman–Crippen LogP) is 5.01. The molecule has 3 rings (SSSR count). The number of halogens is 1. The van der Waals surface area contributed by atoms with E-state index in [-0.39, 0.29) is 5.91 Å². The van der Waals surface area contributed by atoms with Gasteiger partial charge in [0.25, 0.3) is 5.91 Å². The molecule has 0 bridgehead atoms. The highest BCUT2D eigenvalue weighted by Gasteiger charge is 2.36. The summed E-state index contributed by atoms with van der Waals surface area (Å²) in [6.07, 6.45) is 9.61. The standard InChI is InChI=1S/C22H24BrNO3/c1-15-20(22(26)27-2)19(14-17-8-10-18(23)11-9-17)21(25)24(15)13-12-16-6-4-3-5-7-16/h6,8-11,14H,3-5,7,12-13H2,1-2H3/b19-14+. The molecular weight excluding hydrogens is 406 g/mol. The van der Waals surface area contributed by atoms with Crippen LogP contribution in [0, 0.1) is 0 Å². The summed E-state index contributed by atoms with van der Waals surface area (Å²) >= 11 is 3.41. The second kappa shape index (κ2) is 8.70. The van der Waals surface area contributed by atoms with E-state index in [1.165, 1.54) is 25.5 Å². The van der Waals surface area contributed by atoms with Crippen LogP contribution in [0.1, 0.15) is 44.6 Å². The minimum Gasteiger partial charge on any atom is -0.465 e. The quantitative estimate of drug-likeness (QED) is 0.375. The zero-order valence-corrected chi connectivity index (χ0v) is 17.3. The average molecular weight is 430 g/mol. The Morgan fingerprint density at radius 2 is 2.00 bits per heavy atom. The van der Waals surface area contributed by atoms with Crippen molar-refractivity contribution in [1.29, 1.82) is 0 Å². The van der Waals surface area contributed by atoms with Crippen LogP contribution in [0.3, 0.4) is 0 Å². The van der Waals surface area contributed by atoms with Gasteiger partial charge in [0.05, 0.1) is 18.3 Å². The number of amides is 1. The van der Waals surface area contributed by atoms with Crippen LogP contribution in [-0.2, 0) is 14.3 Å². The van der Waals surface area contributed by atoms with Crippen LogP contribution in [0.5, 0.6) is 0 Å². The van der Waals surface area contributed by atoms with Crippen LogP contribution in [0.25, 0.3) is 6.08 Å². The SMILES string of the molecule is COC(=O)C1=C(C)N(CCC2=CCCCC2)C(=O)/C1=C/c1ccc(Br)cc1. The third-order valence-electron chi connectivity index (χ3n) is 5.12. The lowest BCUT2D eigenvalue weighted by molar-refractivity contribution is -0.136. The lowest BCUT2D eigenvalue weighted by Crippen LogP contribution is -2.26. The highest BCUT2D eigenvalue weighted by atomic mass is 79.9. The molecule has 4 nitrogen and oxygen atoms in total. The number of benzene rings is 1. The molecule has 2 aliphatic rings. The fourth-order valence-corrected chi connectivity index (χ4v) is 3.87. The van der Waals surface area contributed by atoms with Crippen LogP contribution in [0.2, 0.25) is 0 Å². The van der Waals surface area contributed by atoms with Crippen molar-refractivity contribution in [3.05, 3.63) is 62.8 Å². The van der Waals surface area contributed by atoms with Gasteiger partial charge in [-0.05, 0) is 62.8 Å². The van der Waals surface area contributed by atoms with Crippen LogP contribution in [-0.4, -0.2) is 30.4 Å². The largest absolute Gasteiger partial charge is 0.465 e. The second-order valence-electron chi connectivity index (χ2n) is 6.88. The van der Waals surface area contributed by atoms with Crippen molar-refractivity contribution in [2.24, 2.45) is 0 Å². The maximum Gasteiger partial charge on any atom is 0.340 e. The smallest absolute Gasteiger partial charge is 0.340 e. The number of carbonyl (C=O) groups excluding carboxylic acids is 2. The van der Waals surface area contributed by atoms with Crippen LogP contribution in [0.4, 0.5) is 0 Å². The van der Waals surface area contributed by atoms with Crippen molar-refractivity contribution in [2.45, 2.75) is 39.0 Å². The molecule has 0 unspecified atom stereocenters. The first-order chi connectivity index (χ1) is 13.0. The van der Waals surface area contributed by atoms with Gasteiger partial charge in [-0.2, -0.15) is 0 Å². The van der Waals surface area contributed by atoms with E-state index in [0.29, 0.717) is 23.4 Å². The Labute approximate surface area is 168 Å². The topological polar surface area (TPSA) is 46.6 Å². The molecule has 1 aliphatic heterocycles. The first-order valence-electron chi connectivity index (χ1n) is 9.28. The number of hydrogen-bond donors (Lipinski definition) is 0. The number of allylic oxidation sites excluding steroid dienone is 2. The van der Waals surface area contributed by atoms with E-state index in [4.69, 9.17) is 4.74 Å². The third-order valence-corrected chi connectivity index (χ3v) is 5.65. The van der Waals surface area contributed by atoms with Crippen molar-refractivity contribution in [1.82, 2.24) is 4.90 Å². The van der Waals surface area contributed by atoms with Crippen molar-refractivity contribution >= 4 is 33.9 Å². The second-order valence-corrected chi connectivity index (χ2v) is 7.79. The summed E-state index contributed by atoms with van der Waals surface area (Å²) in [6, 6.07) is 7.63. The Bertz CT molecular complexity index is 834. The van der Waals surface area contributed by atoms with Crippen LogP contribution >= 0.6 is 15.9 Å². The molecule has 1 heterocycles. The van der Waals surface area contributed by atoms with Gasteiger partial charge < -0.3 is 9.64 Å². The molecule has 0 saturated heterocycles. The number of methoxy groups -OCH3 is 1. The van der Waals surface area contributed by atoms with Gasteiger partial charge in [0, 0.05) is 16.7 Å². The van der Waals surface area contributed by atoms with Gasteiger partial charge in [0.1, 0.15) is 0 Å². The van der Waals surface area contributed by atoms with Crippen molar-refractivity contribution < 1.29 is 14.3 Å². The maximum atomic E-state index is 13.1. The Kier molecular flexibility index (Phi) is 6.32. The molecular formula is C22H24BrNO3. The van der Waals surface area contributed by atoms with Crippen LogP contribution < -0.4 is 0 Å². The van der Waals surface area contributed by atoms with E-state index < -0.39 is 5.97 Å². The number of esters is 1. The highest BCUT2D eigenvalue weighted by Crippen LogP contribution is 2.33. The zero-order chi connectivity index (χ0) is 19.4. The Hall–Kier alpha value is -2.14. The normalized spacial score (nSPS) is 18.9. The summed E-state index contributed by atoms with van der Waals surface area (Å²) in [6.45, 7) is 2.41. The highest BCUT2D eigenvalue weighted by molar-refractivity contribution is 9.10.